The Hall–Kier alpha value is -1.03. The van der Waals surface area contributed by atoms with Crippen molar-refractivity contribution in [1.82, 2.24) is 4.98 Å². The number of pyridine rings is 1. The summed E-state index contributed by atoms with van der Waals surface area (Å²) in [5, 5.41) is 9.32. The molecule has 1 rings (SSSR count). The van der Waals surface area contributed by atoms with Crippen LogP contribution in [0.5, 0.6) is 0 Å². The average Bonchev–Trinajstić information content (AvgIpc) is 2.18. The maximum absolute atomic E-state index is 10.9. The Bertz CT molecular complexity index is 352. The molecular weight excluding hydrogens is 210 g/mol. The average molecular weight is 225 g/mol. The van der Waals surface area contributed by atoms with E-state index in [1.807, 2.05) is 0 Å². The third kappa shape index (κ3) is 3.23. The number of carbonyl (C=O) groups is 1. The zero-order valence-electron chi connectivity index (χ0n) is 9.10. The molecule has 1 aromatic heterocycles. The first kappa shape index (κ1) is 12.0. The number of rotatable bonds is 4. The summed E-state index contributed by atoms with van der Waals surface area (Å²) in [6.07, 6.45) is 1.51. The van der Waals surface area contributed by atoms with Gasteiger partial charge in [-0.2, -0.15) is 0 Å². The third-order valence-corrected chi connectivity index (χ3v) is 3.72. The smallest absolute Gasteiger partial charge is 0.355 e. The standard InChI is InChI=1S/C11H15NO2S/c1-7(2)8(3)15-9-5-4-6-12-10(9)11(13)14/h4-8H,1-3H3,(H,13,14). The van der Waals surface area contributed by atoms with Crippen molar-refractivity contribution in [2.24, 2.45) is 5.92 Å². The molecule has 1 aromatic rings. The second kappa shape index (κ2) is 5.16. The second-order valence-electron chi connectivity index (χ2n) is 3.72. The number of hydrogen-bond donors (Lipinski definition) is 1. The van der Waals surface area contributed by atoms with Gasteiger partial charge in [0.25, 0.3) is 0 Å². The van der Waals surface area contributed by atoms with Crippen LogP contribution in [0.3, 0.4) is 0 Å². The Balaban J connectivity index is 2.89. The molecule has 82 valence electrons. The number of aromatic nitrogens is 1. The van der Waals surface area contributed by atoms with Crippen LogP contribution < -0.4 is 0 Å². The lowest BCUT2D eigenvalue weighted by molar-refractivity contribution is 0.0686. The SMILES string of the molecule is CC(C)C(C)Sc1cccnc1C(=O)O. The van der Waals surface area contributed by atoms with Gasteiger partial charge in [0.1, 0.15) is 0 Å². The van der Waals surface area contributed by atoms with E-state index in [0.29, 0.717) is 11.2 Å². The fourth-order valence-corrected chi connectivity index (χ4v) is 2.06. The van der Waals surface area contributed by atoms with Crippen molar-refractivity contribution < 1.29 is 9.90 Å². The van der Waals surface area contributed by atoms with Crippen molar-refractivity contribution in [2.45, 2.75) is 30.9 Å². The molecule has 0 aliphatic carbocycles. The van der Waals surface area contributed by atoms with Gasteiger partial charge < -0.3 is 5.11 Å². The Labute approximate surface area is 93.9 Å². The molecule has 0 aliphatic rings. The number of carboxylic acids is 1. The molecule has 0 amide bonds. The predicted molar refractivity (Wildman–Crippen MR) is 61.4 cm³/mol. The van der Waals surface area contributed by atoms with Crippen molar-refractivity contribution in [2.75, 3.05) is 0 Å². The molecule has 1 N–H and O–H groups in total. The lowest BCUT2D eigenvalue weighted by Crippen LogP contribution is -2.08. The number of carboxylic acid groups (broad SMARTS) is 1. The van der Waals surface area contributed by atoms with Crippen LogP contribution in [-0.2, 0) is 0 Å². The highest BCUT2D eigenvalue weighted by Crippen LogP contribution is 2.29. The van der Waals surface area contributed by atoms with E-state index < -0.39 is 5.97 Å². The van der Waals surface area contributed by atoms with Gasteiger partial charge in [0, 0.05) is 16.3 Å². The van der Waals surface area contributed by atoms with E-state index >= 15 is 0 Å². The number of thioether (sulfide) groups is 1. The molecular formula is C11H15NO2S. The number of nitrogens with zero attached hydrogens (tertiary/aromatic N) is 1. The summed E-state index contributed by atoms with van der Waals surface area (Å²) < 4.78 is 0. The van der Waals surface area contributed by atoms with E-state index in [0.717, 1.165) is 4.90 Å². The highest BCUT2D eigenvalue weighted by atomic mass is 32.2. The summed E-state index contributed by atoms with van der Waals surface area (Å²) in [6.45, 7) is 6.33. The monoisotopic (exact) mass is 225 g/mol. The maximum atomic E-state index is 10.9. The topological polar surface area (TPSA) is 50.2 Å². The Morgan fingerprint density at radius 1 is 1.47 bits per heavy atom. The van der Waals surface area contributed by atoms with E-state index in [-0.39, 0.29) is 5.69 Å². The zero-order chi connectivity index (χ0) is 11.4. The Morgan fingerprint density at radius 3 is 2.67 bits per heavy atom. The first-order chi connectivity index (χ1) is 7.02. The summed E-state index contributed by atoms with van der Waals surface area (Å²) >= 11 is 1.56. The second-order valence-corrected chi connectivity index (χ2v) is 5.14. The molecule has 0 aromatic carbocycles. The van der Waals surface area contributed by atoms with E-state index in [4.69, 9.17) is 5.11 Å². The van der Waals surface area contributed by atoms with Crippen LogP contribution in [-0.4, -0.2) is 21.3 Å². The summed E-state index contributed by atoms with van der Waals surface area (Å²) in [7, 11) is 0. The van der Waals surface area contributed by atoms with Gasteiger partial charge in [0.05, 0.1) is 0 Å². The van der Waals surface area contributed by atoms with Crippen LogP contribution in [0, 0.1) is 5.92 Å². The minimum Gasteiger partial charge on any atom is -0.476 e. The van der Waals surface area contributed by atoms with E-state index in [2.05, 4.69) is 25.8 Å². The maximum Gasteiger partial charge on any atom is 0.355 e. The molecule has 0 fully saturated rings. The van der Waals surface area contributed by atoms with Crippen LogP contribution in [0.2, 0.25) is 0 Å². The van der Waals surface area contributed by atoms with Crippen LogP contribution >= 0.6 is 11.8 Å². The molecule has 0 saturated heterocycles. The molecule has 0 spiro atoms. The number of hydrogen-bond acceptors (Lipinski definition) is 3. The van der Waals surface area contributed by atoms with Crippen molar-refractivity contribution in [3.05, 3.63) is 24.0 Å². The first-order valence-electron chi connectivity index (χ1n) is 4.87. The summed E-state index contributed by atoms with van der Waals surface area (Å²) in [5.74, 6) is -0.453. The van der Waals surface area contributed by atoms with Crippen molar-refractivity contribution in [1.29, 1.82) is 0 Å². The van der Waals surface area contributed by atoms with Crippen LogP contribution in [0.25, 0.3) is 0 Å². The fraction of sp³-hybridized carbons (Fsp3) is 0.455. The molecule has 4 heteroatoms. The number of aromatic carboxylic acids is 1. The highest BCUT2D eigenvalue weighted by Gasteiger charge is 2.15. The molecule has 0 saturated carbocycles. The normalized spacial score (nSPS) is 12.8. The van der Waals surface area contributed by atoms with Gasteiger partial charge >= 0.3 is 5.97 Å². The zero-order valence-corrected chi connectivity index (χ0v) is 9.91. The van der Waals surface area contributed by atoms with E-state index in [1.165, 1.54) is 6.20 Å². The minimum absolute atomic E-state index is 0.148. The first-order valence-corrected chi connectivity index (χ1v) is 5.75. The van der Waals surface area contributed by atoms with Gasteiger partial charge in [-0.1, -0.05) is 20.8 Å². The Kier molecular flexibility index (Phi) is 4.15. The molecule has 0 aliphatic heterocycles. The van der Waals surface area contributed by atoms with Crippen LogP contribution in [0.4, 0.5) is 0 Å². The van der Waals surface area contributed by atoms with Crippen molar-refractivity contribution in [3.8, 4) is 0 Å². The van der Waals surface area contributed by atoms with Gasteiger partial charge in [-0.05, 0) is 18.1 Å². The van der Waals surface area contributed by atoms with Gasteiger partial charge in [-0.15, -0.1) is 11.8 Å². The molecule has 1 unspecified atom stereocenters. The third-order valence-electron chi connectivity index (χ3n) is 2.22. The molecule has 15 heavy (non-hydrogen) atoms. The lowest BCUT2D eigenvalue weighted by Gasteiger charge is -2.15. The molecule has 1 heterocycles. The summed E-state index contributed by atoms with van der Waals surface area (Å²) in [6, 6.07) is 3.57. The van der Waals surface area contributed by atoms with Crippen LogP contribution in [0.15, 0.2) is 23.2 Å². The van der Waals surface area contributed by atoms with Gasteiger partial charge in [-0.3, -0.25) is 0 Å². The van der Waals surface area contributed by atoms with Gasteiger partial charge in [0.15, 0.2) is 5.69 Å². The lowest BCUT2D eigenvalue weighted by atomic mass is 10.2. The van der Waals surface area contributed by atoms with Gasteiger partial charge in [-0.25, -0.2) is 9.78 Å². The van der Waals surface area contributed by atoms with Crippen molar-refractivity contribution in [3.63, 3.8) is 0 Å². The van der Waals surface area contributed by atoms with Crippen molar-refractivity contribution >= 4 is 17.7 Å². The van der Waals surface area contributed by atoms with E-state index in [1.54, 1.807) is 23.9 Å². The van der Waals surface area contributed by atoms with Gasteiger partial charge in [0.2, 0.25) is 0 Å². The van der Waals surface area contributed by atoms with E-state index in [9.17, 15) is 4.79 Å². The largest absolute Gasteiger partial charge is 0.476 e. The summed E-state index contributed by atoms with van der Waals surface area (Å²) in [5.41, 5.74) is 0.148. The fourth-order valence-electron chi connectivity index (χ4n) is 0.983. The molecule has 1 atom stereocenters. The highest BCUT2D eigenvalue weighted by molar-refractivity contribution is 8.00. The van der Waals surface area contributed by atoms with Crippen LogP contribution in [0.1, 0.15) is 31.3 Å². The quantitative estimate of drug-likeness (QED) is 0.800. The predicted octanol–water partition coefficient (Wildman–Crippen LogP) is 2.92. The Morgan fingerprint density at radius 2 is 2.13 bits per heavy atom. The minimum atomic E-state index is -0.964. The molecule has 0 bridgehead atoms. The molecule has 3 nitrogen and oxygen atoms in total. The summed E-state index contributed by atoms with van der Waals surface area (Å²) in [4.78, 5) is 15.5. The molecule has 0 radical (unpaired) electrons.